The maximum atomic E-state index is 12.1. The lowest BCUT2D eigenvalue weighted by Crippen LogP contribution is -2.43. The predicted octanol–water partition coefficient (Wildman–Crippen LogP) is 3.49. The summed E-state index contributed by atoms with van der Waals surface area (Å²) in [6, 6.07) is 3.60. The van der Waals surface area contributed by atoms with E-state index in [-0.39, 0.29) is 11.9 Å². The molecule has 0 aromatic heterocycles. The first-order chi connectivity index (χ1) is 8.58. The van der Waals surface area contributed by atoms with Gasteiger partial charge < -0.3 is 10.6 Å². The Hall–Kier alpha value is -0.580. The molecule has 1 saturated heterocycles. The number of piperidine rings is 1. The van der Waals surface area contributed by atoms with Crippen LogP contribution in [0.5, 0.6) is 0 Å². The van der Waals surface area contributed by atoms with Crippen LogP contribution in [0.2, 0.25) is 5.02 Å². The number of anilines is 1. The Labute approximate surface area is 120 Å². The minimum Gasteiger partial charge on any atom is -0.324 e. The molecular weight excluding hydrogens is 316 g/mol. The zero-order valence-electron chi connectivity index (χ0n) is 10.2. The van der Waals surface area contributed by atoms with Gasteiger partial charge in [-0.2, -0.15) is 0 Å². The normalized spacial score (nSPS) is 19.6. The van der Waals surface area contributed by atoms with E-state index in [0.717, 1.165) is 41.5 Å². The fraction of sp³-hybridized carbons (Fsp3) is 0.462. The number of carbonyl (C=O) groups excluding carboxylic acids is 1. The van der Waals surface area contributed by atoms with Crippen molar-refractivity contribution in [1.29, 1.82) is 0 Å². The second kappa shape index (κ2) is 6.04. The van der Waals surface area contributed by atoms with Gasteiger partial charge in [0.2, 0.25) is 5.91 Å². The van der Waals surface area contributed by atoms with Crippen molar-refractivity contribution >= 4 is 39.1 Å². The van der Waals surface area contributed by atoms with Crippen LogP contribution in [0.3, 0.4) is 0 Å². The molecule has 1 aromatic rings. The zero-order valence-corrected chi connectivity index (χ0v) is 12.6. The Morgan fingerprint density at radius 1 is 1.50 bits per heavy atom. The number of hydrogen-bond acceptors (Lipinski definition) is 2. The van der Waals surface area contributed by atoms with Crippen molar-refractivity contribution in [2.45, 2.75) is 32.2 Å². The molecule has 0 radical (unpaired) electrons. The molecular formula is C13H16BrClN2O. The maximum Gasteiger partial charge on any atom is 0.241 e. The summed E-state index contributed by atoms with van der Waals surface area (Å²) in [6.07, 6.45) is 3.13. The largest absolute Gasteiger partial charge is 0.324 e. The Morgan fingerprint density at radius 2 is 2.28 bits per heavy atom. The number of rotatable bonds is 2. The first-order valence-electron chi connectivity index (χ1n) is 6.08. The molecule has 1 aliphatic heterocycles. The summed E-state index contributed by atoms with van der Waals surface area (Å²) in [5.41, 5.74) is 1.71. The highest BCUT2D eigenvalue weighted by atomic mass is 79.9. The Bertz CT molecular complexity index is 459. The fourth-order valence-corrected chi connectivity index (χ4v) is 2.76. The first kappa shape index (κ1) is 13.8. The molecule has 3 nitrogen and oxygen atoms in total. The lowest BCUT2D eigenvalue weighted by molar-refractivity contribution is -0.118. The summed E-state index contributed by atoms with van der Waals surface area (Å²) in [5, 5.41) is 6.80. The smallest absolute Gasteiger partial charge is 0.241 e. The van der Waals surface area contributed by atoms with Crippen LogP contribution in [0.25, 0.3) is 0 Å². The van der Waals surface area contributed by atoms with Crippen LogP contribution in [0, 0.1) is 6.92 Å². The summed E-state index contributed by atoms with van der Waals surface area (Å²) >= 11 is 9.51. The highest BCUT2D eigenvalue weighted by molar-refractivity contribution is 9.10. The molecule has 1 aliphatic rings. The Kier molecular flexibility index (Phi) is 4.65. The number of aryl methyl sites for hydroxylation is 1. The van der Waals surface area contributed by atoms with E-state index in [4.69, 9.17) is 11.6 Å². The third kappa shape index (κ3) is 3.25. The molecule has 1 atom stereocenters. The van der Waals surface area contributed by atoms with Crippen LogP contribution < -0.4 is 10.6 Å². The van der Waals surface area contributed by atoms with Gasteiger partial charge in [-0.05, 0) is 59.9 Å². The standard InChI is InChI=1S/C13H16BrClN2O/c1-8-6-9(14)12(7-10(8)15)17-13(18)11-4-2-3-5-16-11/h6-7,11,16H,2-5H2,1H3,(H,17,18)/t11-/m1/s1. The molecule has 0 saturated carbocycles. The van der Waals surface area contributed by atoms with E-state index in [1.165, 1.54) is 0 Å². The second-order valence-electron chi connectivity index (χ2n) is 4.57. The van der Waals surface area contributed by atoms with Crippen molar-refractivity contribution in [3.63, 3.8) is 0 Å². The highest BCUT2D eigenvalue weighted by Crippen LogP contribution is 2.29. The molecule has 18 heavy (non-hydrogen) atoms. The second-order valence-corrected chi connectivity index (χ2v) is 5.83. The molecule has 5 heteroatoms. The minimum atomic E-state index is -0.0919. The average molecular weight is 332 g/mol. The number of carbonyl (C=O) groups is 1. The van der Waals surface area contributed by atoms with Gasteiger partial charge in [-0.15, -0.1) is 0 Å². The van der Waals surface area contributed by atoms with E-state index >= 15 is 0 Å². The van der Waals surface area contributed by atoms with Gasteiger partial charge >= 0.3 is 0 Å². The van der Waals surface area contributed by atoms with Gasteiger partial charge in [0.25, 0.3) is 0 Å². The molecule has 0 aliphatic carbocycles. The molecule has 2 rings (SSSR count). The van der Waals surface area contributed by atoms with Crippen molar-refractivity contribution < 1.29 is 4.79 Å². The van der Waals surface area contributed by atoms with E-state index in [1.807, 2.05) is 13.0 Å². The first-order valence-corrected chi connectivity index (χ1v) is 7.25. The Morgan fingerprint density at radius 3 is 2.94 bits per heavy atom. The summed E-state index contributed by atoms with van der Waals surface area (Å²) in [7, 11) is 0. The quantitative estimate of drug-likeness (QED) is 0.871. The molecule has 2 N–H and O–H groups in total. The molecule has 98 valence electrons. The summed E-state index contributed by atoms with van der Waals surface area (Å²) < 4.78 is 0.855. The topological polar surface area (TPSA) is 41.1 Å². The molecule has 1 amide bonds. The summed E-state index contributed by atoms with van der Waals surface area (Å²) in [6.45, 7) is 2.84. The van der Waals surface area contributed by atoms with E-state index < -0.39 is 0 Å². The minimum absolute atomic E-state index is 0.00956. The van der Waals surface area contributed by atoms with Crippen LogP contribution in [0.4, 0.5) is 5.69 Å². The van der Waals surface area contributed by atoms with E-state index in [0.29, 0.717) is 5.02 Å². The van der Waals surface area contributed by atoms with Crippen molar-refractivity contribution in [2.75, 3.05) is 11.9 Å². The fourth-order valence-electron chi connectivity index (χ4n) is 2.04. The van der Waals surface area contributed by atoms with E-state index in [2.05, 4.69) is 26.6 Å². The lowest BCUT2D eigenvalue weighted by Gasteiger charge is -2.23. The molecule has 1 aromatic carbocycles. The van der Waals surface area contributed by atoms with Gasteiger partial charge in [0, 0.05) is 9.50 Å². The van der Waals surface area contributed by atoms with E-state index in [9.17, 15) is 4.79 Å². The number of amides is 1. The zero-order chi connectivity index (χ0) is 13.1. The van der Waals surface area contributed by atoms with E-state index in [1.54, 1.807) is 6.07 Å². The van der Waals surface area contributed by atoms with Crippen molar-refractivity contribution in [3.05, 3.63) is 27.2 Å². The molecule has 0 bridgehead atoms. The maximum absolute atomic E-state index is 12.1. The van der Waals surface area contributed by atoms with Gasteiger partial charge in [0.1, 0.15) is 0 Å². The number of benzene rings is 1. The van der Waals surface area contributed by atoms with Crippen LogP contribution in [0.15, 0.2) is 16.6 Å². The van der Waals surface area contributed by atoms with Crippen molar-refractivity contribution in [2.24, 2.45) is 0 Å². The van der Waals surface area contributed by atoms with Crippen LogP contribution in [-0.4, -0.2) is 18.5 Å². The van der Waals surface area contributed by atoms with Gasteiger partial charge in [-0.25, -0.2) is 0 Å². The average Bonchev–Trinajstić information content (AvgIpc) is 2.37. The SMILES string of the molecule is Cc1cc(Br)c(NC(=O)[C@H]2CCCCN2)cc1Cl. The summed E-state index contributed by atoms with van der Waals surface area (Å²) in [5.74, 6) is 0.00956. The number of nitrogens with one attached hydrogen (secondary N) is 2. The van der Waals surface area contributed by atoms with Crippen molar-refractivity contribution in [3.8, 4) is 0 Å². The summed E-state index contributed by atoms with van der Waals surface area (Å²) in [4.78, 5) is 12.1. The molecule has 1 heterocycles. The predicted molar refractivity (Wildman–Crippen MR) is 78.2 cm³/mol. The lowest BCUT2D eigenvalue weighted by atomic mass is 10.0. The van der Waals surface area contributed by atoms with Crippen LogP contribution >= 0.6 is 27.5 Å². The molecule has 0 unspecified atom stereocenters. The third-order valence-electron chi connectivity index (χ3n) is 3.13. The van der Waals surface area contributed by atoms with Crippen molar-refractivity contribution in [1.82, 2.24) is 5.32 Å². The van der Waals surface area contributed by atoms with Crippen LogP contribution in [-0.2, 0) is 4.79 Å². The van der Waals surface area contributed by atoms with Gasteiger partial charge in [-0.3, -0.25) is 4.79 Å². The number of halogens is 2. The molecule has 0 spiro atoms. The van der Waals surface area contributed by atoms with Gasteiger partial charge in [0.05, 0.1) is 11.7 Å². The molecule has 1 fully saturated rings. The monoisotopic (exact) mass is 330 g/mol. The third-order valence-corrected chi connectivity index (χ3v) is 4.20. The number of hydrogen-bond donors (Lipinski definition) is 2. The van der Waals surface area contributed by atoms with Gasteiger partial charge in [-0.1, -0.05) is 18.0 Å². The highest BCUT2D eigenvalue weighted by Gasteiger charge is 2.21. The van der Waals surface area contributed by atoms with Crippen LogP contribution in [0.1, 0.15) is 24.8 Å². The Balaban J connectivity index is 2.08. The van der Waals surface area contributed by atoms with Gasteiger partial charge in [0.15, 0.2) is 0 Å².